The third-order valence-corrected chi connectivity index (χ3v) is 3.10. The van der Waals surface area contributed by atoms with E-state index in [0.29, 0.717) is 12.1 Å². The molecule has 0 fully saturated rings. The predicted molar refractivity (Wildman–Crippen MR) is 72.8 cm³/mol. The van der Waals surface area contributed by atoms with Crippen molar-refractivity contribution in [2.24, 2.45) is 0 Å². The van der Waals surface area contributed by atoms with Crippen LogP contribution in [0.3, 0.4) is 0 Å². The lowest BCUT2D eigenvalue weighted by atomic mass is 10.2. The molecule has 0 saturated carbocycles. The number of nitrogens with zero attached hydrogens (tertiary/aromatic N) is 2. The molecular formula is C13H15BrFN3. The van der Waals surface area contributed by atoms with Crippen molar-refractivity contribution in [2.45, 2.75) is 20.0 Å². The Labute approximate surface area is 114 Å². The van der Waals surface area contributed by atoms with E-state index in [-0.39, 0.29) is 5.82 Å². The maximum Gasteiger partial charge on any atom is 0.128 e. The summed E-state index contributed by atoms with van der Waals surface area (Å²) in [6.07, 6.45) is 3.74. The molecule has 0 bridgehead atoms. The van der Waals surface area contributed by atoms with E-state index in [1.807, 2.05) is 6.20 Å². The Hall–Kier alpha value is -1.20. The molecule has 1 N–H and O–H groups in total. The summed E-state index contributed by atoms with van der Waals surface area (Å²) in [6.45, 7) is 4.21. The molecule has 0 atom stereocenters. The van der Waals surface area contributed by atoms with Crippen molar-refractivity contribution in [3.8, 4) is 0 Å². The van der Waals surface area contributed by atoms with Crippen LogP contribution in [0, 0.1) is 5.82 Å². The first-order chi connectivity index (χ1) is 8.69. The Morgan fingerprint density at radius 2 is 2.28 bits per heavy atom. The summed E-state index contributed by atoms with van der Waals surface area (Å²) >= 11 is 3.34. The van der Waals surface area contributed by atoms with Crippen molar-refractivity contribution in [3.63, 3.8) is 0 Å². The largest absolute Gasteiger partial charge is 0.313 e. The van der Waals surface area contributed by atoms with Gasteiger partial charge in [-0.3, -0.25) is 4.68 Å². The minimum Gasteiger partial charge on any atom is -0.313 e. The van der Waals surface area contributed by atoms with Crippen molar-refractivity contribution in [2.75, 3.05) is 6.54 Å². The van der Waals surface area contributed by atoms with Gasteiger partial charge in [-0.05, 0) is 24.7 Å². The van der Waals surface area contributed by atoms with Crippen LogP contribution >= 0.6 is 15.9 Å². The molecule has 18 heavy (non-hydrogen) atoms. The highest BCUT2D eigenvalue weighted by Crippen LogP contribution is 2.16. The van der Waals surface area contributed by atoms with Crippen LogP contribution in [0.25, 0.3) is 0 Å². The van der Waals surface area contributed by atoms with Gasteiger partial charge in [-0.15, -0.1) is 0 Å². The smallest absolute Gasteiger partial charge is 0.128 e. The lowest BCUT2D eigenvalue weighted by molar-refractivity contribution is 0.584. The van der Waals surface area contributed by atoms with Gasteiger partial charge in [0.15, 0.2) is 0 Å². The molecule has 0 amide bonds. The minimum atomic E-state index is -0.207. The Morgan fingerprint density at radius 1 is 1.44 bits per heavy atom. The van der Waals surface area contributed by atoms with Crippen LogP contribution in [0.5, 0.6) is 0 Å². The molecule has 5 heteroatoms. The van der Waals surface area contributed by atoms with Gasteiger partial charge in [0, 0.05) is 28.3 Å². The van der Waals surface area contributed by atoms with Gasteiger partial charge in [0.1, 0.15) is 5.82 Å². The number of benzene rings is 1. The third-order valence-electron chi connectivity index (χ3n) is 2.61. The second-order valence-corrected chi connectivity index (χ2v) is 4.98. The fraction of sp³-hybridized carbons (Fsp3) is 0.308. The Kier molecular flexibility index (Phi) is 4.49. The highest BCUT2D eigenvalue weighted by Gasteiger charge is 2.05. The van der Waals surface area contributed by atoms with Crippen LogP contribution < -0.4 is 5.32 Å². The average molecular weight is 312 g/mol. The molecule has 0 aliphatic heterocycles. The third kappa shape index (κ3) is 3.40. The molecule has 1 heterocycles. The van der Waals surface area contributed by atoms with Gasteiger partial charge < -0.3 is 5.32 Å². The maximum absolute atomic E-state index is 13.6. The van der Waals surface area contributed by atoms with E-state index >= 15 is 0 Å². The molecule has 3 nitrogen and oxygen atoms in total. The maximum atomic E-state index is 13.6. The fourth-order valence-corrected chi connectivity index (χ4v) is 2.10. The lowest BCUT2D eigenvalue weighted by Crippen LogP contribution is -2.11. The van der Waals surface area contributed by atoms with Crippen LogP contribution in [-0.4, -0.2) is 16.3 Å². The highest BCUT2D eigenvalue weighted by atomic mass is 79.9. The van der Waals surface area contributed by atoms with Gasteiger partial charge in [0.25, 0.3) is 0 Å². The lowest BCUT2D eigenvalue weighted by Gasteiger charge is -2.04. The average Bonchev–Trinajstić information content (AvgIpc) is 2.79. The van der Waals surface area contributed by atoms with Gasteiger partial charge in [-0.2, -0.15) is 5.10 Å². The molecule has 0 aliphatic carbocycles. The second kappa shape index (κ2) is 6.11. The first-order valence-electron chi connectivity index (χ1n) is 5.85. The quantitative estimate of drug-likeness (QED) is 0.920. The summed E-state index contributed by atoms with van der Waals surface area (Å²) in [7, 11) is 0. The number of halogens is 2. The van der Waals surface area contributed by atoms with Crippen molar-refractivity contribution in [1.82, 2.24) is 15.1 Å². The summed E-state index contributed by atoms with van der Waals surface area (Å²) in [5.41, 5.74) is 1.73. The van der Waals surface area contributed by atoms with Crippen LogP contribution in [0.15, 0.2) is 35.1 Å². The van der Waals surface area contributed by atoms with Crippen molar-refractivity contribution in [1.29, 1.82) is 0 Å². The Balaban J connectivity index is 2.08. The number of aromatic nitrogens is 2. The number of hydrogen-bond acceptors (Lipinski definition) is 2. The Morgan fingerprint density at radius 3 is 3.06 bits per heavy atom. The standard InChI is InChI=1S/C13H15BrFN3/c1-2-16-6-10-7-17-18(8-10)9-11-5-12(14)3-4-13(11)15/h3-5,7-8,16H,2,6,9H2,1H3. The first-order valence-corrected chi connectivity index (χ1v) is 6.64. The fourth-order valence-electron chi connectivity index (χ4n) is 1.69. The Bertz CT molecular complexity index is 525. The van der Waals surface area contributed by atoms with Gasteiger partial charge in [0.2, 0.25) is 0 Å². The minimum absolute atomic E-state index is 0.207. The molecule has 2 rings (SSSR count). The zero-order chi connectivity index (χ0) is 13.0. The van der Waals surface area contributed by atoms with Crippen LogP contribution in [0.2, 0.25) is 0 Å². The molecule has 0 unspecified atom stereocenters. The van der Waals surface area contributed by atoms with Crippen molar-refractivity contribution < 1.29 is 4.39 Å². The van der Waals surface area contributed by atoms with Crippen LogP contribution in [-0.2, 0) is 13.1 Å². The first kappa shape index (κ1) is 13.2. The summed E-state index contributed by atoms with van der Waals surface area (Å²) in [5, 5.41) is 7.46. The van der Waals surface area contributed by atoms with E-state index in [1.165, 1.54) is 6.07 Å². The van der Waals surface area contributed by atoms with Gasteiger partial charge in [-0.1, -0.05) is 22.9 Å². The molecule has 0 aliphatic rings. The zero-order valence-corrected chi connectivity index (χ0v) is 11.7. The van der Waals surface area contributed by atoms with Gasteiger partial charge in [0.05, 0.1) is 12.7 Å². The van der Waals surface area contributed by atoms with Gasteiger partial charge >= 0.3 is 0 Å². The number of nitrogens with one attached hydrogen (secondary N) is 1. The summed E-state index contributed by atoms with van der Waals surface area (Å²) < 4.78 is 16.2. The topological polar surface area (TPSA) is 29.9 Å². The van der Waals surface area contributed by atoms with Crippen LogP contribution in [0.4, 0.5) is 4.39 Å². The monoisotopic (exact) mass is 311 g/mol. The summed E-state index contributed by atoms with van der Waals surface area (Å²) in [4.78, 5) is 0. The SMILES string of the molecule is CCNCc1cnn(Cc2cc(Br)ccc2F)c1. The van der Waals surface area contributed by atoms with E-state index in [9.17, 15) is 4.39 Å². The van der Waals surface area contributed by atoms with Gasteiger partial charge in [-0.25, -0.2) is 4.39 Å². The molecule has 1 aromatic heterocycles. The molecule has 1 aromatic carbocycles. The molecule has 0 saturated heterocycles. The number of hydrogen-bond donors (Lipinski definition) is 1. The van der Waals surface area contributed by atoms with Crippen LogP contribution in [0.1, 0.15) is 18.1 Å². The predicted octanol–water partition coefficient (Wildman–Crippen LogP) is 2.94. The zero-order valence-electron chi connectivity index (χ0n) is 10.2. The summed E-state index contributed by atoms with van der Waals surface area (Å²) in [6, 6.07) is 4.93. The molecule has 96 valence electrons. The van der Waals surface area contributed by atoms with E-state index in [4.69, 9.17) is 0 Å². The molecule has 0 spiro atoms. The van der Waals surface area contributed by atoms with E-state index in [1.54, 1.807) is 23.0 Å². The van der Waals surface area contributed by atoms with Crippen molar-refractivity contribution >= 4 is 15.9 Å². The summed E-state index contributed by atoms with van der Waals surface area (Å²) in [5.74, 6) is -0.207. The molecular weight excluding hydrogens is 297 g/mol. The number of rotatable bonds is 5. The highest BCUT2D eigenvalue weighted by molar-refractivity contribution is 9.10. The van der Waals surface area contributed by atoms with Crippen molar-refractivity contribution in [3.05, 3.63) is 52.0 Å². The molecule has 0 radical (unpaired) electrons. The van der Waals surface area contributed by atoms with E-state index in [0.717, 1.165) is 23.1 Å². The van der Waals surface area contributed by atoms with E-state index in [2.05, 4.69) is 33.3 Å². The normalized spacial score (nSPS) is 10.8. The molecule has 2 aromatic rings. The van der Waals surface area contributed by atoms with E-state index < -0.39 is 0 Å². The second-order valence-electron chi connectivity index (χ2n) is 4.06.